The van der Waals surface area contributed by atoms with Crippen LogP contribution in [0.5, 0.6) is 0 Å². The van der Waals surface area contributed by atoms with Gasteiger partial charge in [-0.05, 0) is 6.42 Å². The van der Waals surface area contributed by atoms with Gasteiger partial charge in [-0.15, -0.1) is 0 Å². The number of anilines is 3. The molecule has 2 rings (SSSR count). The second-order valence-electron chi connectivity index (χ2n) is 5.73. The van der Waals surface area contributed by atoms with E-state index in [-0.39, 0.29) is 17.7 Å². The Morgan fingerprint density at radius 1 is 1.32 bits per heavy atom. The molecular weight excluding hydrogens is 284 g/mol. The van der Waals surface area contributed by atoms with E-state index in [2.05, 4.69) is 20.6 Å². The minimum Gasteiger partial charge on any atom is -0.361 e. The lowest BCUT2D eigenvalue weighted by Gasteiger charge is -2.23. The van der Waals surface area contributed by atoms with Crippen molar-refractivity contribution in [3.05, 3.63) is 6.20 Å². The number of hydrogen-bond acceptors (Lipinski definition) is 6. The monoisotopic (exact) mass is 306 g/mol. The summed E-state index contributed by atoms with van der Waals surface area (Å²) >= 11 is 0. The molecule has 0 radical (unpaired) electrons. The average molecular weight is 306 g/mol. The van der Waals surface area contributed by atoms with Gasteiger partial charge in [0.15, 0.2) is 5.82 Å². The Morgan fingerprint density at radius 2 is 2.05 bits per heavy atom. The van der Waals surface area contributed by atoms with Crippen LogP contribution in [0.25, 0.3) is 0 Å². The lowest BCUT2D eigenvalue weighted by Crippen LogP contribution is -2.40. The van der Waals surface area contributed by atoms with Gasteiger partial charge in [0.2, 0.25) is 17.8 Å². The van der Waals surface area contributed by atoms with Crippen LogP contribution < -0.4 is 20.4 Å². The van der Waals surface area contributed by atoms with Crippen molar-refractivity contribution in [3.63, 3.8) is 0 Å². The molecule has 0 bridgehead atoms. The third kappa shape index (κ3) is 3.63. The maximum atomic E-state index is 12.3. The van der Waals surface area contributed by atoms with E-state index in [0.717, 1.165) is 0 Å². The van der Waals surface area contributed by atoms with Crippen LogP contribution in [0.3, 0.4) is 0 Å². The standard InChI is InChI=1S/C14H22N6O2/c1-19(2)12-10(8-16-14(18-12)20(3)4)17-13(22)9-5-6-11(21)15-7-9/h8-9H,5-7H2,1-4H3,(H,15,21)(H,17,22). The number of nitrogens with zero attached hydrogens (tertiary/aromatic N) is 4. The van der Waals surface area contributed by atoms with E-state index in [4.69, 9.17) is 0 Å². The van der Waals surface area contributed by atoms with Crippen molar-refractivity contribution in [1.29, 1.82) is 0 Å². The molecule has 8 heteroatoms. The number of carbonyl (C=O) groups excluding carboxylic acids is 2. The van der Waals surface area contributed by atoms with Gasteiger partial charge in [0.1, 0.15) is 5.69 Å². The van der Waals surface area contributed by atoms with E-state index in [1.165, 1.54) is 0 Å². The van der Waals surface area contributed by atoms with Crippen LogP contribution in [0.15, 0.2) is 6.20 Å². The zero-order valence-corrected chi connectivity index (χ0v) is 13.4. The van der Waals surface area contributed by atoms with E-state index in [0.29, 0.717) is 36.8 Å². The van der Waals surface area contributed by atoms with Gasteiger partial charge in [-0.25, -0.2) is 4.98 Å². The first-order valence-electron chi connectivity index (χ1n) is 7.17. The van der Waals surface area contributed by atoms with Crippen LogP contribution in [-0.4, -0.2) is 56.5 Å². The van der Waals surface area contributed by atoms with Crippen molar-refractivity contribution in [2.75, 3.05) is 49.9 Å². The Bertz CT molecular complexity index is 562. The van der Waals surface area contributed by atoms with Gasteiger partial charge in [-0.2, -0.15) is 4.98 Å². The van der Waals surface area contributed by atoms with Gasteiger partial charge in [0.05, 0.1) is 12.1 Å². The van der Waals surface area contributed by atoms with Gasteiger partial charge in [-0.3, -0.25) is 9.59 Å². The first-order chi connectivity index (χ1) is 10.4. The molecule has 120 valence electrons. The summed E-state index contributed by atoms with van der Waals surface area (Å²) in [4.78, 5) is 35.8. The highest BCUT2D eigenvalue weighted by atomic mass is 16.2. The zero-order chi connectivity index (χ0) is 16.3. The minimum absolute atomic E-state index is 0.00306. The summed E-state index contributed by atoms with van der Waals surface area (Å²) in [5, 5.41) is 5.58. The Balaban J connectivity index is 2.14. The first kappa shape index (κ1) is 16.0. The van der Waals surface area contributed by atoms with Crippen molar-refractivity contribution >= 4 is 29.3 Å². The van der Waals surface area contributed by atoms with Gasteiger partial charge in [0.25, 0.3) is 0 Å². The smallest absolute Gasteiger partial charge is 0.229 e. The second-order valence-corrected chi connectivity index (χ2v) is 5.73. The predicted molar refractivity (Wildman–Crippen MR) is 85.0 cm³/mol. The number of aromatic nitrogens is 2. The molecule has 2 N–H and O–H groups in total. The van der Waals surface area contributed by atoms with Gasteiger partial charge >= 0.3 is 0 Å². The summed E-state index contributed by atoms with van der Waals surface area (Å²) in [7, 11) is 7.44. The summed E-state index contributed by atoms with van der Waals surface area (Å²) in [6, 6.07) is 0. The van der Waals surface area contributed by atoms with Crippen LogP contribution in [0.2, 0.25) is 0 Å². The molecule has 1 fully saturated rings. The summed E-state index contributed by atoms with van der Waals surface area (Å²) in [6.45, 7) is 0.374. The molecule has 0 aromatic carbocycles. The number of amides is 2. The van der Waals surface area contributed by atoms with E-state index in [1.54, 1.807) is 11.1 Å². The van der Waals surface area contributed by atoms with Crippen LogP contribution in [0.1, 0.15) is 12.8 Å². The molecule has 1 aliphatic rings. The number of hydrogen-bond donors (Lipinski definition) is 2. The first-order valence-corrected chi connectivity index (χ1v) is 7.17. The van der Waals surface area contributed by atoms with Crippen molar-refractivity contribution in [3.8, 4) is 0 Å². The van der Waals surface area contributed by atoms with Crippen LogP contribution in [0.4, 0.5) is 17.5 Å². The van der Waals surface area contributed by atoms with Crippen molar-refractivity contribution in [2.45, 2.75) is 12.8 Å². The molecule has 0 aliphatic carbocycles. The zero-order valence-electron chi connectivity index (χ0n) is 13.4. The van der Waals surface area contributed by atoms with E-state index in [1.807, 2.05) is 33.1 Å². The molecule has 1 atom stereocenters. The molecule has 1 aromatic heterocycles. The molecule has 1 unspecified atom stereocenters. The van der Waals surface area contributed by atoms with Crippen molar-refractivity contribution in [2.24, 2.45) is 5.92 Å². The summed E-state index contributed by atoms with van der Waals surface area (Å²) in [5.74, 6) is 0.876. The molecule has 1 aromatic rings. The topological polar surface area (TPSA) is 90.5 Å². The number of rotatable bonds is 4. The van der Waals surface area contributed by atoms with E-state index < -0.39 is 0 Å². The Kier molecular flexibility index (Phi) is 4.79. The molecule has 0 spiro atoms. The lowest BCUT2D eigenvalue weighted by molar-refractivity contribution is -0.126. The highest BCUT2D eigenvalue weighted by molar-refractivity contribution is 5.96. The SMILES string of the molecule is CN(C)c1ncc(NC(=O)C2CCC(=O)NC2)c(N(C)C)n1. The van der Waals surface area contributed by atoms with Gasteiger partial charge in [0, 0.05) is 41.2 Å². The lowest BCUT2D eigenvalue weighted by atomic mass is 9.98. The average Bonchev–Trinajstić information content (AvgIpc) is 2.47. The largest absolute Gasteiger partial charge is 0.361 e. The second kappa shape index (κ2) is 6.59. The molecule has 2 amide bonds. The summed E-state index contributed by atoms with van der Waals surface area (Å²) in [5.41, 5.74) is 0.567. The van der Waals surface area contributed by atoms with Crippen molar-refractivity contribution < 1.29 is 9.59 Å². The fourth-order valence-electron chi connectivity index (χ4n) is 2.20. The Labute approximate surface area is 129 Å². The minimum atomic E-state index is -0.221. The fraction of sp³-hybridized carbons (Fsp3) is 0.571. The molecule has 1 aliphatic heterocycles. The molecule has 1 saturated heterocycles. The third-order valence-electron chi connectivity index (χ3n) is 3.47. The fourth-order valence-corrected chi connectivity index (χ4v) is 2.20. The highest BCUT2D eigenvalue weighted by Gasteiger charge is 2.25. The van der Waals surface area contributed by atoms with Crippen LogP contribution >= 0.6 is 0 Å². The molecule has 0 saturated carbocycles. The van der Waals surface area contributed by atoms with Gasteiger partial charge < -0.3 is 20.4 Å². The number of carbonyl (C=O) groups is 2. The van der Waals surface area contributed by atoms with E-state index in [9.17, 15) is 9.59 Å². The highest BCUT2D eigenvalue weighted by Crippen LogP contribution is 2.24. The van der Waals surface area contributed by atoms with Crippen molar-refractivity contribution in [1.82, 2.24) is 15.3 Å². The maximum Gasteiger partial charge on any atom is 0.229 e. The quantitative estimate of drug-likeness (QED) is 0.818. The Hall–Kier alpha value is -2.38. The third-order valence-corrected chi connectivity index (χ3v) is 3.47. The Morgan fingerprint density at radius 3 is 2.59 bits per heavy atom. The van der Waals surface area contributed by atoms with Gasteiger partial charge in [-0.1, -0.05) is 0 Å². The molecule has 8 nitrogen and oxygen atoms in total. The normalized spacial score (nSPS) is 17.6. The maximum absolute atomic E-state index is 12.3. The van der Waals surface area contributed by atoms with E-state index >= 15 is 0 Å². The summed E-state index contributed by atoms with van der Waals surface area (Å²) < 4.78 is 0. The molecular formula is C14H22N6O2. The molecule has 22 heavy (non-hydrogen) atoms. The van der Waals surface area contributed by atoms with Crippen LogP contribution in [-0.2, 0) is 9.59 Å². The van der Waals surface area contributed by atoms with Crippen LogP contribution in [0, 0.1) is 5.92 Å². The predicted octanol–water partition coefficient (Wildman–Crippen LogP) is 0.0733. The number of nitrogens with one attached hydrogen (secondary N) is 2. The summed E-state index contributed by atoms with van der Waals surface area (Å²) in [6.07, 6.45) is 2.55. The number of piperidine rings is 1. The molecule has 2 heterocycles.